The van der Waals surface area contributed by atoms with Gasteiger partial charge >= 0.3 is 0 Å². The molecule has 0 aliphatic carbocycles. The Morgan fingerprint density at radius 1 is 1.19 bits per heavy atom. The largest absolute Gasteiger partial charge is 0.393 e. The van der Waals surface area contributed by atoms with Crippen LogP contribution in [0.2, 0.25) is 0 Å². The van der Waals surface area contributed by atoms with Crippen molar-refractivity contribution in [2.75, 3.05) is 6.54 Å². The van der Waals surface area contributed by atoms with Crippen molar-refractivity contribution in [1.29, 1.82) is 0 Å². The van der Waals surface area contributed by atoms with Gasteiger partial charge in [0.2, 0.25) is 0 Å². The van der Waals surface area contributed by atoms with E-state index in [1.807, 2.05) is 0 Å². The molecule has 0 aromatic carbocycles. The second-order valence-electron chi connectivity index (χ2n) is 5.36. The molecule has 0 saturated heterocycles. The van der Waals surface area contributed by atoms with Crippen LogP contribution in [-0.2, 0) is 0 Å². The van der Waals surface area contributed by atoms with Crippen LogP contribution in [0.25, 0.3) is 0 Å². The van der Waals surface area contributed by atoms with Gasteiger partial charge in [0.15, 0.2) is 0 Å². The molecule has 2 heteroatoms. The van der Waals surface area contributed by atoms with Gasteiger partial charge in [0.05, 0.1) is 6.10 Å². The van der Waals surface area contributed by atoms with Crippen molar-refractivity contribution in [3.63, 3.8) is 0 Å². The van der Waals surface area contributed by atoms with Crippen molar-refractivity contribution in [3.05, 3.63) is 0 Å². The highest BCUT2D eigenvalue weighted by atomic mass is 16.3. The van der Waals surface area contributed by atoms with Crippen LogP contribution in [0.5, 0.6) is 0 Å². The zero-order valence-corrected chi connectivity index (χ0v) is 11.6. The quantitative estimate of drug-likeness (QED) is 0.638. The molecule has 0 rings (SSSR count). The highest BCUT2D eigenvalue weighted by Crippen LogP contribution is 2.24. The van der Waals surface area contributed by atoms with Crippen LogP contribution in [-0.4, -0.2) is 17.8 Å². The molecule has 3 N–H and O–H groups in total. The SMILES string of the molecule is CCCCC(CC)CC(O)C(CN)C(C)C. The van der Waals surface area contributed by atoms with Gasteiger partial charge in [0.25, 0.3) is 0 Å². The summed E-state index contributed by atoms with van der Waals surface area (Å²) in [5.41, 5.74) is 5.73. The number of nitrogens with two attached hydrogens (primary N) is 1. The summed E-state index contributed by atoms with van der Waals surface area (Å²) in [6.07, 6.45) is 5.66. The molecule has 3 atom stereocenters. The van der Waals surface area contributed by atoms with E-state index in [-0.39, 0.29) is 12.0 Å². The van der Waals surface area contributed by atoms with Crippen LogP contribution in [0.15, 0.2) is 0 Å². The molecule has 0 aromatic heterocycles. The van der Waals surface area contributed by atoms with Crippen molar-refractivity contribution >= 4 is 0 Å². The number of aliphatic hydroxyl groups is 1. The first-order valence-corrected chi connectivity index (χ1v) is 6.94. The molecule has 0 aromatic rings. The van der Waals surface area contributed by atoms with Crippen LogP contribution >= 0.6 is 0 Å². The van der Waals surface area contributed by atoms with E-state index in [9.17, 15) is 5.11 Å². The third kappa shape index (κ3) is 5.86. The lowest BCUT2D eigenvalue weighted by Gasteiger charge is -2.28. The fourth-order valence-electron chi connectivity index (χ4n) is 2.37. The molecule has 0 heterocycles. The molecule has 0 radical (unpaired) electrons. The topological polar surface area (TPSA) is 46.2 Å². The van der Waals surface area contributed by atoms with Crippen LogP contribution in [0.4, 0.5) is 0 Å². The average molecular weight is 229 g/mol. The summed E-state index contributed by atoms with van der Waals surface area (Å²) >= 11 is 0. The molecule has 16 heavy (non-hydrogen) atoms. The number of unbranched alkanes of at least 4 members (excludes halogenated alkanes) is 1. The molecule has 0 aliphatic heterocycles. The molecule has 0 fully saturated rings. The van der Waals surface area contributed by atoms with Crippen molar-refractivity contribution in [1.82, 2.24) is 0 Å². The normalized spacial score (nSPS) is 17.4. The highest BCUT2D eigenvalue weighted by molar-refractivity contribution is 4.75. The molecular formula is C14H31NO. The van der Waals surface area contributed by atoms with Gasteiger partial charge in [-0.3, -0.25) is 0 Å². The molecule has 0 saturated carbocycles. The van der Waals surface area contributed by atoms with E-state index >= 15 is 0 Å². The van der Waals surface area contributed by atoms with Crippen molar-refractivity contribution in [3.8, 4) is 0 Å². The maximum Gasteiger partial charge on any atom is 0.0585 e. The van der Waals surface area contributed by atoms with Gasteiger partial charge in [-0.25, -0.2) is 0 Å². The number of hydrogen-bond donors (Lipinski definition) is 2. The van der Waals surface area contributed by atoms with E-state index < -0.39 is 0 Å². The molecule has 0 aliphatic rings. The van der Waals surface area contributed by atoms with Gasteiger partial charge in [-0.05, 0) is 30.7 Å². The van der Waals surface area contributed by atoms with E-state index in [0.29, 0.717) is 18.4 Å². The van der Waals surface area contributed by atoms with Gasteiger partial charge in [-0.2, -0.15) is 0 Å². The van der Waals surface area contributed by atoms with Gasteiger partial charge in [0.1, 0.15) is 0 Å². The minimum atomic E-state index is -0.216. The smallest absolute Gasteiger partial charge is 0.0585 e. The summed E-state index contributed by atoms with van der Waals surface area (Å²) in [5.74, 6) is 1.40. The Labute approximate surface area is 102 Å². The Morgan fingerprint density at radius 2 is 1.81 bits per heavy atom. The molecule has 3 unspecified atom stereocenters. The Bertz CT molecular complexity index is 159. The summed E-state index contributed by atoms with van der Waals surface area (Å²) in [7, 11) is 0. The Kier molecular flexibility index (Phi) is 8.96. The third-order valence-electron chi connectivity index (χ3n) is 3.74. The molecule has 98 valence electrons. The number of aliphatic hydroxyl groups excluding tert-OH is 1. The lowest BCUT2D eigenvalue weighted by Crippen LogP contribution is -2.33. The van der Waals surface area contributed by atoms with E-state index in [1.165, 1.54) is 25.7 Å². The molecule has 0 spiro atoms. The Balaban J connectivity index is 4.10. The molecule has 0 bridgehead atoms. The summed E-state index contributed by atoms with van der Waals surface area (Å²) < 4.78 is 0. The molecular weight excluding hydrogens is 198 g/mol. The predicted octanol–water partition coefficient (Wildman–Crippen LogP) is 3.18. The van der Waals surface area contributed by atoms with Crippen LogP contribution in [0.1, 0.15) is 59.8 Å². The average Bonchev–Trinajstić information content (AvgIpc) is 2.24. The van der Waals surface area contributed by atoms with Crippen molar-refractivity contribution < 1.29 is 5.11 Å². The fourth-order valence-corrected chi connectivity index (χ4v) is 2.37. The second-order valence-corrected chi connectivity index (χ2v) is 5.36. The molecule has 2 nitrogen and oxygen atoms in total. The first-order valence-electron chi connectivity index (χ1n) is 6.94. The van der Waals surface area contributed by atoms with E-state index in [2.05, 4.69) is 27.7 Å². The zero-order chi connectivity index (χ0) is 12.6. The summed E-state index contributed by atoms with van der Waals surface area (Å²) in [5, 5.41) is 10.2. The minimum absolute atomic E-state index is 0.216. The van der Waals surface area contributed by atoms with E-state index in [4.69, 9.17) is 5.73 Å². The third-order valence-corrected chi connectivity index (χ3v) is 3.74. The summed E-state index contributed by atoms with van der Waals surface area (Å²) in [6, 6.07) is 0. The Morgan fingerprint density at radius 3 is 2.19 bits per heavy atom. The minimum Gasteiger partial charge on any atom is -0.393 e. The second kappa shape index (κ2) is 9.00. The maximum atomic E-state index is 10.2. The van der Waals surface area contributed by atoms with Gasteiger partial charge in [-0.15, -0.1) is 0 Å². The predicted molar refractivity (Wildman–Crippen MR) is 71.3 cm³/mol. The maximum absolute atomic E-state index is 10.2. The summed E-state index contributed by atoms with van der Waals surface area (Å²) in [4.78, 5) is 0. The lowest BCUT2D eigenvalue weighted by molar-refractivity contribution is 0.0606. The van der Waals surface area contributed by atoms with Crippen molar-refractivity contribution in [2.45, 2.75) is 65.9 Å². The van der Waals surface area contributed by atoms with Gasteiger partial charge in [0, 0.05) is 0 Å². The fraction of sp³-hybridized carbons (Fsp3) is 1.00. The van der Waals surface area contributed by atoms with Gasteiger partial charge in [-0.1, -0.05) is 53.4 Å². The van der Waals surface area contributed by atoms with Gasteiger partial charge < -0.3 is 10.8 Å². The zero-order valence-electron chi connectivity index (χ0n) is 11.6. The van der Waals surface area contributed by atoms with Crippen LogP contribution < -0.4 is 5.73 Å². The Hall–Kier alpha value is -0.0800. The summed E-state index contributed by atoms with van der Waals surface area (Å²) in [6.45, 7) is 9.34. The molecule has 0 amide bonds. The van der Waals surface area contributed by atoms with Crippen LogP contribution in [0.3, 0.4) is 0 Å². The number of rotatable bonds is 9. The lowest BCUT2D eigenvalue weighted by atomic mass is 9.83. The highest BCUT2D eigenvalue weighted by Gasteiger charge is 2.23. The number of hydrogen-bond acceptors (Lipinski definition) is 2. The van der Waals surface area contributed by atoms with Crippen molar-refractivity contribution in [2.24, 2.45) is 23.5 Å². The standard InChI is InChI=1S/C14H31NO/c1-5-7-8-12(6-2)9-14(16)13(10-15)11(3)4/h11-14,16H,5-10,15H2,1-4H3. The first-order chi connectivity index (χ1) is 7.56. The first kappa shape index (κ1) is 15.9. The van der Waals surface area contributed by atoms with E-state index in [1.54, 1.807) is 0 Å². The van der Waals surface area contributed by atoms with Crippen LogP contribution in [0, 0.1) is 17.8 Å². The monoisotopic (exact) mass is 229 g/mol. The van der Waals surface area contributed by atoms with E-state index in [0.717, 1.165) is 6.42 Å².